The van der Waals surface area contributed by atoms with E-state index in [1.54, 1.807) is 4.90 Å². The monoisotopic (exact) mass is 268 g/mol. The van der Waals surface area contributed by atoms with E-state index in [9.17, 15) is 19.3 Å². The second kappa shape index (κ2) is 5.31. The van der Waals surface area contributed by atoms with Gasteiger partial charge in [0.25, 0.3) is 5.69 Å². The fraction of sp³-hybridized carbons (Fsp3) is 0.417. The van der Waals surface area contributed by atoms with Crippen LogP contribution in [0, 0.1) is 15.9 Å². The third kappa shape index (κ3) is 2.70. The lowest BCUT2D eigenvalue weighted by Gasteiger charge is -2.21. The summed E-state index contributed by atoms with van der Waals surface area (Å²) in [5, 5.41) is 19.9. The summed E-state index contributed by atoms with van der Waals surface area (Å²) in [6.07, 6.45) is 1.18. The quantitative estimate of drug-likeness (QED) is 0.664. The minimum atomic E-state index is -0.975. The van der Waals surface area contributed by atoms with Gasteiger partial charge in [0.1, 0.15) is 11.9 Å². The second-order valence-corrected chi connectivity index (χ2v) is 4.46. The highest BCUT2D eigenvalue weighted by Crippen LogP contribution is 2.27. The fourth-order valence-corrected chi connectivity index (χ4v) is 2.37. The number of hydrogen-bond donors (Lipinski definition) is 1. The summed E-state index contributed by atoms with van der Waals surface area (Å²) < 4.78 is 13.7. The number of carboxylic acids is 1. The molecule has 6 nitrogen and oxygen atoms in total. The summed E-state index contributed by atoms with van der Waals surface area (Å²) in [6.45, 7) is 0.447. The normalized spacial score (nSPS) is 19.5. The first-order valence-electron chi connectivity index (χ1n) is 5.89. The average molecular weight is 268 g/mol. The molecule has 1 saturated heterocycles. The van der Waals surface area contributed by atoms with Gasteiger partial charge in [-0.2, -0.15) is 0 Å². The van der Waals surface area contributed by atoms with Crippen molar-refractivity contribution in [1.82, 2.24) is 4.90 Å². The van der Waals surface area contributed by atoms with Crippen LogP contribution in [0.5, 0.6) is 0 Å². The zero-order chi connectivity index (χ0) is 14.0. The third-order valence-corrected chi connectivity index (χ3v) is 3.30. The van der Waals surface area contributed by atoms with Crippen molar-refractivity contribution in [3.8, 4) is 0 Å². The van der Waals surface area contributed by atoms with Gasteiger partial charge in [0.15, 0.2) is 0 Å². The van der Waals surface area contributed by atoms with Gasteiger partial charge < -0.3 is 5.11 Å². The maximum Gasteiger partial charge on any atom is 0.320 e. The molecule has 1 atom stereocenters. The van der Waals surface area contributed by atoms with Crippen molar-refractivity contribution >= 4 is 11.7 Å². The van der Waals surface area contributed by atoms with E-state index in [0.717, 1.165) is 6.07 Å². The van der Waals surface area contributed by atoms with Crippen molar-refractivity contribution < 1.29 is 19.2 Å². The van der Waals surface area contributed by atoms with Crippen LogP contribution >= 0.6 is 0 Å². The minimum Gasteiger partial charge on any atom is -0.480 e. The number of carbonyl (C=O) groups is 1. The first-order valence-corrected chi connectivity index (χ1v) is 5.89. The predicted octanol–water partition coefficient (Wildman–Crippen LogP) is 1.78. The highest BCUT2D eigenvalue weighted by molar-refractivity contribution is 5.73. The number of benzene rings is 1. The van der Waals surface area contributed by atoms with Gasteiger partial charge in [0.05, 0.1) is 10.5 Å². The van der Waals surface area contributed by atoms with Crippen molar-refractivity contribution in [3.05, 3.63) is 39.7 Å². The van der Waals surface area contributed by atoms with Crippen LogP contribution in [-0.4, -0.2) is 33.5 Å². The van der Waals surface area contributed by atoms with Gasteiger partial charge in [-0.25, -0.2) is 4.39 Å². The van der Waals surface area contributed by atoms with Crippen LogP contribution in [0.2, 0.25) is 0 Å². The summed E-state index contributed by atoms with van der Waals surface area (Å²) in [4.78, 5) is 22.8. The number of likely N-dealkylation sites (tertiary alicyclic amines) is 1. The summed E-state index contributed by atoms with van der Waals surface area (Å²) in [5.74, 6) is -1.65. The number of hydrogen-bond acceptors (Lipinski definition) is 4. The van der Waals surface area contributed by atoms with E-state index < -0.39 is 22.8 Å². The molecule has 1 unspecified atom stereocenters. The van der Waals surface area contributed by atoms with Crippen molar-refractivity contribution in [2.45, 2.75) is 25.4 Å². The summed E-state index contributed by atoms with van der Waals surface area (Å²) >= 11 is 0. The summed E-state index contributed by atoms with van der Waals surface area (Å²) in [5.41, 5.74) is -0.364. The molecule has 1 aliphatic rings. The van der Waals surface area contributed by atoms with Crippen molar-refractivity contribution in [2.75, 3.05) is 6.54 Å². The standard InChI is InChI=1S/C12H13FN2O4/c13-9-3-1-4-10(15(18)19)8(9)7-14-6-2-5-11(14)12(16)17/h1,3-4,11H,2,5-7H2,(H,16,17). The van der Waals surface area contributed by atoms with Gasteiger partial charge in [-0.3, -0.25) is 19.8 Å². The predicted molar refractivity (Wildman–Crippen MR) is 64.1 cm³/mol. The molecule has 0 aromatic heterocycles. The van der Waals surface area contributed by atoms with Crippen molar-refractivity contribution in [1.29, 1.82) is 0 Å². The fourth-order valence-electron chi connectivity index (χ4n) is 2.37. The van der Waals surface area contributed by atoms with E-state index in [4.69, 9.17) is 5.11 Å². The van der Waals surface area contributed by atoms with Crippen LogP contribution in [0.3, 0.4) is 0 Å². The van der Waals surface area contributed by atoms with Crippen LogP contribution in [0.25, 0.3) is 0 Å². The van der Waals surface area contributed by atoms with Crippen LogP contribution in [0.15, 0.2) is 18.2 Å². The van der Waals surface area contributed by atoms with E-state index in [1.807, 2.05) is 0 Å². The van der Waals surface area contributed by atoms with E-state index >= 15 is 0 Å². The number of nitrogens with zero attached hydrogens (tertiary/aromatic N) is 2. The molecule has 0 bridgehead atoms. The van der Waals surface area contributed by atoms with Gasteiger partial charge in [-0.1, -0.05) is 6.07 Å². The molecule has 1 aromatic rings. The Labute approximate surface area is 108 Å². The molecular formula is C12H13FN2O4. The Morgan fingerprint density at radius 3 is 2.95 bits per heavy atom. The van der Waals surface area contributed by atoms with Gasteiger partial charge >= 0.3 is 5.97 Å². The summed E-state index contributed by atoms with van der Waals surface area (Å²) in [6, 6.07) is 2.95. The second-order valence-electron chi connectivity index (χ2n) is 4.46. The van der Waals surface area contributed by atoms with Crippen LogP contribution in [0.4, 0.5) is 10.1 Å². The number of halogens is 1. The number of carboxylic acid groups (broad SMARTS) is 1. The molecule has 1 heterocycles. The molecule has 0 spiro atoms. The molecule has 1 aliphatic heterocycles. The number of nitro benzene ring substituents is 1. The van der Waals surface area contributed by atoms with Crippen molar-refractivity contribution in [2.24, 2.45) is 0 Å². The molecule has 0 radical (unpaired) electrons. The van der Waals surface area contributed by atoms with Gasteiger partial charge in [-0.05, 0) is 25.5 Å². The van der Waals surface area contributed by atoms with E-state index in [0.29, 0.717) is 19.4 Å². The third-order valence-electron chi connectivity index (χ3n) is 3.30. The number of rotatable bonds is 4. The Morgan fingerprint density at radius 2 is 2.32 bits per heavy atom. The van der Waals surface area contributed by atoms with Crippen LogP contribution < -0.4 is 0 Å². The maximum atomic E-state index is 13.7. The molecule has 1 aromatic carbocycles. The highest BCUT2D eigenvalue weighted by atomic mass is 19.1. The van der Waals surface area contributed by atoms with E-state index in [1.165, 1.54) is 12.1 Å². The lowest BCUT2D eigenvalue weighted by atomic mass is 10.1. The molecule has 19 heavy (non-hydrogen) atoms. The zero-order valence-corrected chi connectivity index (χ0v) is 10.1. The smallest absolute Gasteiger partial charge is 0.320 e. The Hall–Kier alpha value is -2.02. The Kier molecular flexibility index (Phi) is 3.75. The lowest BCUT2D eigenvalue weighted by molar-refractivity contribution is -0.386. The maximum absolute atomic E-state index is 13.7. The molecule has 0 saturated carbocycles. The molecule has 102 valence electrons. The zero-order valence-electron chi connectivity index (χ0n) is 10.1. The van der Waals surface area contributed by atoms with Crippen LogP contribution in [0.1, 0.15) is 18.4 Å². The summed E-state index contributed by atoms with van der Waals surface area (Å²) in [7, 11) is 0. The molecule has 0 amide bonds. The Balaban J connectivity index is 2.28. The first kappa shape index (κ1) is 13.4. The van der Waals surface area contributed by atoms with Gasteiger partial charge in [0, 0.05) is 12.6 Å². The largest absolute Gasteiger partial charge is 0.480 e. The molecule has 2 rings (SSSR count). The number of aliphatic carboxylic acids is 1. The molecule has 1 N–H and O–H groups in total. The number of nitro groups is 1. The average Bonchev–Trinajstić information content (AvgIpc) is 2.79. The topological polar surface area (TPSA) is 83.7 Å². The van der Waals surface area contributed by atoms with Gasteiger partial charge in [0.2, 0.25) is 0 Å². The SMILES string of the molecule is O=C(O)C1CCCN1Cc1c(F)cccc1[N+](=O)[O-]. The van der Waals surface area contributed by atoms with E-state index in [2.05, 4.69) is 0 Å². The van der Waals surface area contributed by atoms with Crippen molar-refractivity contribution in [3.63, 3.8) is 0 Å². The van der Waals surface area contributed by atoms with Crippen LogP contribution in [-0.2, 0) is 11.3 Å². The lowest BCUT2D eigenvalue weighted by Crippen LogP contribution is -2.35. The van der Waals surface area contributed by atoms with Gasteiger partial charge in [-0.15, -0.1) is 0 Å². The minimum absolute atomic E-state index is 0.0550. The Morgan fingerprint density at radius 1 is 1.58 bits per heavy atom. The molecular weight excluding hydrogens is 255 g/mol. The Bertz CT molecular complexity index is 520. The molecule has 1 fully saturated rings. The molecule has 0 aliphatic carbocycles. The molecule has 7 heteroatoms. The highest BCUT2D eigenvalue weighted by Gasteiger charge is 2.32. The first-order chi connectivity index (χ1) is 9.00. The van der Waals surface area contributed by atoms with E-state index in [-0.39, 0.29) is 17.8 Å².